The number of nitrogens with zero attached hydrogens (tertiary/aromatic N) is 1. The smallest absolute Gasteiger partial charge is 0.0511 e. The molecule has 0 aromatic heterocycles. The van der Waals surface area contributed by atoms with Crippen LogP contribution >= 0.6 is 0 Å². The summed E-state index contributed by atoms with van der Waals surface area (Å²) >= 11 is 0. The normalized spacial score (nSPS) is 12.8. The molecule has 0 saturated carbocycles. The Bertz CT molecular complexity index is 193. The van der Waals surface area contributed by atoms with Gasteiger partial charge >= 0.3 is 0 Å². The summed E-state index contributed by atoms with van der Waals surface area (Å²) in [5.41, 5.74) is 0. The second kappa shape index (κ2) is 9.90. The molecule has 0 amide bonds. The van der Waals surface area contributed by atoms with Gasteiger partial charge in [0.15, 0.2) is 0 Å². The van der Waals surface area contributed by atoms with Gasteiger partial charge in [0.05, 0.1) is 8.07 Å². The fraction of sp³-hybridized carbons (Fsp3) is 0.867. The van der Waals surface area contributed by atoms with Gasteiger partial charge in [0, 0.05) is 0 Å². The average Bonchev–Trinajstić information content (AvgIpc) is 2.27. The zero-order valence-electron chi connectivity index (χ0n) is 12.8. The Kier molecular flexibility index (Phi) is 9.85. The molecule has 17 heavy (non-hydrogen) atoms. The molecule has 0 aromatic carbocycles. The third-order valence-electron chi connectivity index (χ3n) is 3.31. The summed E-state index contributed by atoms with van der Waals surface area (Å²) < 4.78 is 0. The summed E-state index contributed by atoms with van der Waals surface area (Å²) in [5, 5.41) is 0. The Hall–Kier alpha value is -0.0831. The van der Waals surface area contributed by atoms with Gasteiger partial charge in [-0.15, -0.1) is 0 Å². The highest BCUT2D eigenvalue weighted by Gasteiger charge is 2.18. The van der Waals surface area contributed by atoms with E-state index in [-0.39, 0.29) is 0 Å². The lowest BCUT2D eigenvalue weighted by Gasteiger charge is -2.25. The van der Waals surface area contributed by atoms with E-state index in [9.17, 15) is 0 Å². The van der Waals surface area contributed by atoms with Crippen molar-refractivity contribution in [1.82, 2.24) is 4.90 Å². The van der Waals surface area contributed by atoms with Crippen LogP contribution in [0.5, 0.6) is 0 Å². The van der Waals surface area contributed by atoms with Gasteiger partial charge < -0.3 is 4.90 Å². The topological polar surface area (TPSA) is 3.24 Å². The maximum absolute atomic E-state index is 2.64. The molecule has 0 N–H and O–H groups in total. The number of rotatable bonds is 10. The number of hydrogen-bond acceptors (Lipinski definition) is 1. The van der Waals surface area contributed by atoms with E-state index in [0.717, 1.165) is 0 Å². The highest BCUT2D eigenvalue weighted by atomic mass is 28.3. The van der Waals surface area contributed by atoms with Crippen molar-refractivity contribution in [2.24, 2.45) is 0 Å². The lowest BCUT2D eigenvalue weighted by molar-refractivity contribution is 0.275. The maximum Gasteiger partial charge on any atom is 0.0511 e. The molecule has 1 nitrogen and oxygen atoms in total. The van der Waals surface area contributed by atoms with Crippen LogP contribution in [0, 0.1) is 0 Å². The first kappa shape index (κ1) is 16.9. The molecule has 0 rings (SSSR count). The average molecular weight is 256 g/mol. The van der Waals surface area contributed by atoms with Crippen molar-refractivity contribution < 1.29 is 0 Å². The largest absolute Gasteiger partial charge is 0.303 e. The predicted octanol–water partition coefficient (Wildman–Crippen LogP) is 4.78. The van der Waals surface area contributed by atoms with Crippen molar-refractivity contribution in [1.29, 1.82) is 0 Å². The molecular weight excluding hydrogens is 222 g/mol. The van der Waals surface area contributed by atoms with Gasteiger partial charge in [0.2, 0.25) is 0 Å². The van der Waals surface area contributed by atoms with Gasteiger partial charge in [-0.25, -0.2) is 0 Å². The van der Waals surface area contributed by atoms with Gasteiger partial charge in [-0.3, -0.25) is 0 Å². The standard InChI is InChI=1S/C15H33NSi/c1-6-9-14-17(4,5)15-10-13-16(11-7-2)12-8-3/h6,9H,7-8,10-15H2,1-5H3. The molecule has 0 aliphatic rings. The van der Waals surface area contributed by atoms with Crippen LogP contribution in [-0.4, -0.2) is 32.6 Å². The van der Waals surface area contributed by atoms with Crippen LogP contribution in [-0.2, 0) is 0 Å². The first-order chi connectivity index (χ1) is 8.05. The minimum atomic E-state index is -0.950. The molecule has 0 spiro atoms. The molecule has 0 aliphatic heterocycles. The molecule has 0 heterocycles. The van der Waals surface area contributed by atoms with Crippen molar-refractivity contribution in [3.63, 3.8) is 0 Å². The minimum absolute atomic E-state index is 0.950. The Morgan fingerprint density at radius 3 is 2.06 bits per heavy atom. The quantitative estimate of drug-likeness (QED) is 0.401. The Balaban J connectivity index is 3.84. The summed E-state index contributed by atoms with van der Waals surface area (Å²) in [5.74, 6) is 0. The third kappa shape index (κ3) is 9.60. The lowest BCUT2D eigenvalue weighted by Crippen LogP contribution is -2.30. The first-order valence-corrected chi connectivity index (χ1v) is 10.8. The van der Waals surface area contributed by atoms with Crippen LogP contribution in [0.2, 0.25) is 25.2 Å². The van der Waals surface area contributed by atoms with Crippen LogP contribution in [0.4, 0.5) is 0 Å². The fourth-order valence-corrected chi connectivity index (χ4v) is 4.48. The van der Waals surface area contributed by atoms with Crippen LogP contribution < -0.4 is 0 Å². The van der Waals surface area contributed by atoms with E-state index in [2.05, 4.69) is 50.9 Å². The molecule has 0 fully saturated rings. The minimum Gasteiger partial charge on any atom is -0.303 e. The second-order valence-electron chi connectivity index (χ2n) is 5.88. The molecule has 0 atom stereocenters. The monoisotopic (exact) mass is 255 g/mol. The van der Waals surface area contributed by atoms with Crippen molar-refractivity contribution in [2.45, 2.75) is 65.2 Å². The summed E-state index contributed by atoms with van der Waals surface area (Å²) in [6.45, 7) is 15.6. The summed E-state index contributed by atoms with van der Waals surface area (Å²) in [6.07, 6.45) is 8.55. The maximum atomic E-state index is 2.64. The molecule has 0 aromatic rings. The van der Waals surface area contributed by atoms with Crippen molar-refractivity contribution in [3.8, 4) is 0 Å². The molecule has 0 unspecified atom stereocenters. The Labute approximate surface area is 110 Å². The second-order valence-corrected chi connectivity index (χ2v) is 11.1. The van der Waals surface area contributed by atoms with Gasteiger partial charge in [-0.05, 0) is 51.9 Å². The molecule has 2 heteroatoms. The zero-order chi connectivity index (χ0) is 13.1. The van der Waals surface area contributed by atoms with Crippen molar-refractivity contribution in [3.05, 3.63) is 12.2 Å². The van der Waals surface area contributed by atoms with Gasteiger partial charge in [-0.2, -0.15) is 0 Å². The molecule has 0 bridgehead atoms. The summed E-state index contributed by atoms with van der Waals surface area (Å²) in [6, 6.07) is 2.83. The molecule has 0 aliphatic carbocycles. The molecular formula is C15H33NSi. The van der Waals surface area contributed by atoms with E-state index in [1.165, 1.54) is 51.0 Å². The zero-order valence-corrected chi connectivity index (χ0v) is 13.8. The lowest BCUT2D eigenvalue weighted by atomic mass is 10.3. The van der Waals surface area contributed by atoms with Crippen molar-refractivity contribution in [2.75, 3.05) is 19.6 Å². The van der Waals surface area contributed by atoms with E-state index in [1.54, 1.807) is 0 Å². The number of allylic oxidation sites excluding steroid dienone is 2. The summed E-state index contributed by atoms with van der Waals surface area (Å²) in [7, 11) is -0.950. The van der Waals surface area contributed by atoms with E-state index >= 15 is 0 Å². The first-order valence-electron chi connectivity index (χ1n) is 7.39. The Morgan fingerprint density at radius 2 is 1.59 bits per heavy atom. The van der Waals surface area contributed by atoms with Crippen LogP contribution in [0.1, 0.15) is 40.0 Å². The van der Waals surface area contributed by atoms with E-state index in [0.29, 0.717) is 0 Å². The number of hydrogen-bond donors (Lipinski definition) is 0. The van der Waals surface area contributed by atoms with E-state index in [1.807, 2.05) is 0 Å². The predicted molar refractivity (Wildman–Crippen MR) is 83.5 cm³/mol. The van der Waals surface area contributed by atoms with E-state index in [4.69, 9.17) is 0 Å². The van der Waals surface area contributed by atoms with Gasteiger partial charge in [0.25, 0.3) is 0 Å². The Morgan fingerprint density at radius 1 is 1.00 bits per heavy atom. The van der Waals surface area contributed by atoms with Crippen LogP contribution in [0.3, 0.4) is 0 Å². The van der Waals surface area contributed by atoms with Crippen LogP contribution in [0.15, 0.2) is 12.2 Å². The van der Waals surface area contributed by atoms with Crippen molar-refractivity contribution >= 4 is 8.07 Å². The molecule has 0 saturated heterocycles. The molecule has 102 valence electrons. The summed E-state index contributed by atoms with van der Waals surface area (Å²) in [4.78, 5) is 2.64. The highest BCUT2D eigenvalue weighted by molar-refractivity contribution is 6.77. The SMILES string of the molecule is CC=CC[Si](C)(C)CCCN(CCC)CCC. The fourth-order valence-electron chi connectivity index (χ4n) is 2.29. The van der Waals surface area contributed by atoms with Crippen LogP contribution in [0.25, 0.3) is 0 Å². The van der Waals surface area contributed by atoms with Gasteiger partial charge in [-0.1, -0.05) is 45.1 Å². The molecule has 0 radical (unpaired) electrons. The van der Waals surface area contributed by atoms with E-state index < -0.39 is 8.07 Å². The third-order valence-corrected chi connectivity index (χ3v) is 6.36. The highest BCUT2D eigenvalue weighted by Crippen LogP contribution is 2.18. The van der Waals surface area contributed by atoms with Gasteiger partial charge in [0.1, 0.15) is 0 Å².